The summed E-state index contributed by atoms with van der Waals surface area (Å²) in [5.41, 5.74) is 1.30. The summed E-state index contributed by atoms with van der Waals surface area (Å²) in [5.74, 6) is -0.476. The van der Waals surface area contributed by atoms with E-state index in [0.29, 0.717) is 5.69 Å². The van der Waals surface area contributed by atoms with Crippen LogP contribution in [0, 0.1) is 5.92 Å². The second kappa shape index (κ2) is 8.05. The predicted molar refractivity (Wildman–Crippen MR) is 90.6 cm³/mol. The van der Waals surface area contributed by atoms with Gasteiger partial charge >= 0.3 is 0 Å². The fraction of sp³-hybridized carbons (Fsp3) is 0.294. The Morgan fingerprint density at radius 1 is 1.25 bits per heavy atom. The third-order valence-corrected chi connectivity index (χ3v) is 3.62. The van der Waals surface area contributed by atoms with Crippen LogP contribution in [0.15, 0.2) is 41.2 Å². The summed E-state index contributed by atoms with van der Waals surface area (Å²) in [5, 5.41) is 11.4. The zero-order valence-electron chi connectivity index (χ0n) is 13.6. The van der Waals surface area contributed by atoms with Gasteiger partial charge in [0.2, 0.25) is 5.91 Å². The molecule has 0 unspecified atom stereocenters. The van der Waals surface area contributed by atoms with E-state index < -0.39 is 0 Å². The number of benzene rings is 1. The van der Waals surface area contributed by atoms with Gasteiger partial charge in [0.15, 0.2) is 0 Å². The van der Waals surface area contributed by atoms with Crippen molar-refractivity contribution in [3.8, 4) is 0 Å². The molecule has 1 heterocycles. The van der Waals surface area contributed by atoms with E-state index in [9.17, 15) is 14.4 Å². The van der Waals surface area contributed by atoms with Crippen LogP contribution in [0.2, 0.25) is 0 Å². The summed E-state index contributed by atoms with van der Waals surface area (Å²) < 4.78 is 0. The molecule has 7 nitrogen and oxygen atoms in total. The Morgan fingerprint density at radius 3 is 2.71 bits per heavy atom. The highest BCUT2D eigenvalue weighted by Crippen LogP contribution is 2.13. The van der Waals surface area contributed by atoms with Crippen molar-refractivity contribution in [2.45, 2.75) is 26.8 Å². The lowest BCUT2D eigenvalue weighted by atomic mass is 10.1. The number of rotatable bonds is 6. The van der Waals surface area contributed by atoms with Crippen molar-refractivity contribution < 1.29 is 9.59 Å². The Bertz CT molecular complexity index is 765. The Balaban J connectivity index is 1.96. The Hall–Kier alpha value is -2.96. The molecule has 24 heavy (non-hydrogen) atoms. The molecule has 7 heteroatoms. The number of H-pyrrole nitrogens is 1. The van der Waals surface area contributed by atoms with E-state index in [1.54, 1.807) is 12.1 Å². The zero-order chi connectivity index (χ0) is 17.5. The topological polar surface area (TPSA) is 104 Å². The second-order valence-corrected chi connectivity index (χ2v) is 5.49. The number of hydrogen-bond acceptors (Lipinski definition) is 4. The van der Waals surface area contributed by atoms with Gasteiger partial charge in [-0.2, -0.15) is 5.10 Å². The van der Waals surface area contributed by atoms with Crippen LogP contribution in [0.4, 0.5) is 5.69 Å². The maximum Gasteiger partial charge on any atom is 0.271 e. The van der Waals surface area contributed by atoms with Gasteiger partial charge in [-0.25, -0.2) is 5.10 Å². The first-order chi connectivity index (χ1) is 11.5. The normalized spacial score (nSPS) is 11.6. The molecule has 1 aromatic heterocycles. The van der Waals surface area contributed by atoms with Crippen LogP contribution in [0.1, 0.15) is 36.3 Å². The SMILES string of the molecule is CC[C@H](C)C(=O)Nc1cccc(CNC(=O)c2ccc(=O)[nH]n2)c1. The van der Waals surface area contributed by atoms with Crippen LogP contribution >= 0.6 is 0 Å². The lowest BCUT2D eigenvalue weighted by molar-refractivity contribution is -0.119. The van der Waals surface area contributed by atoms with E-state index in [1.807, 2.05) is 26.0 Å². The summed E-state index contributed by atoms with van der Waals surface area (Å²) in [6, 6.07) is 9.87. The molecule has 0 saturated carbocycles. The fourth-order valence-electron chi connectivity index (χ4n) is 1.95. The number of anilines is 1. The number of carbonyl (C=O) groups is 2. The van der Waals surface area contributed by atoms with Crippen molar-refractivity contribution in [2.75, 3.05) is 5.32 Å². The van der Waals surface area contributed by atoms with Crippen molar-refractivity contribution in [2.24, 2.45) is 5.92 Å². The molecule has 126 valence electrons. The van der Waals surface area contributed by atoms with Crippen LogP contribution in [-0.2, 0) is 11.3 Å². The van der Waals surface area contributed by atoms with Gasteiger partial charge in [-0.1, -0.05) is 26.0 Å². The van der Waals surface area contributed by atoms with E-state index in [1.165, 1.54) is 12.1 Å². The number of hydrogen-bond donors (Lipinski definition) is 3. The van der Waals surface area contributed by atoms with Gasteiger partial charge in [0.1, 0.15) is 5.69 Å². The highest BCUT2D eigenvalue weighted by Gasteiger charge is 2.11. The number of carbonyl (C=O) groups excluding carboxylic acids is 2. The van der Waals surface area contributed by atoms with Crippen LogP contribution in [0.3, 0.4) is 0 Å². The third-order valence-electron chi connectivity index (χ3n) is 3.62. The van der Waals surface area contributed by atoms with Gasteiger partial charge in [0.05, 0.1) is 0 Å². The van der Waals surface area contributed by atoms with Crippen LogP contribution in [0.5, 0.6) is 0 Å². The van der Waals surface area contributed by atoms with Crippen LogP contribution in [0.25, 0.3) is 0 Å². The first-order valence-corrected chi connectivity index (χ1v) is 7.73. The average Bonchev–Trinajstić information content (AvgIpc) is 2.59. The summed E-state index contributed by atoms with van der Waals surface area (Å²) in [4.78, 5) is 34.8. The molecule has 0 fully saturated rings. The lowest BCUT2D eigenvalue weighted by Crippen LogP contribution is -2.25. The molecule has 0 aliphatic rings. The van der Waals surface area contributed by atoms with Gasteiger partial charge in [0.25, 0.3) is 11.5 Å². The quantitative estimate of drug-likeness (QED) is 0.750. The summed E-state index contributed by atoms with van der Waals surface area (Å²) in [7, 11) is 0. The molecule has 0 aliphatic heterocycles. The predicted octanol–water partition coefficient (Wildman–Crippen LogP) is 1.68. The first kappa shape index (κ1) is 17.4. The van der Waals surface area contributed by atoms with Crippen molar-refractivity contribution in [1.82, 2.24) is 15.5 Å². The summed E-state index contributed by atoms with van der Waals surface area (Å²) in [6.45, 7) is 4.12. The average molecular weight is 328 g/mol. The summed E-state index contributed by atoms with van der Waals surface area (Å²) in [6.07, 6.45) is 0.772. The van der Waals surface area contributed by atoms with Gasteiger partial charge < -0.3 is 10.6 Å². The molecule has 0 bridgehead atoms. The standard InChI is InChI=1S/C17H20N4O3/c1-3-11(2)16(23)19-13-6-4-5-12(9-13)10-18-17(24)14-7-8-15(22)21-20-14/h4-9,11H,3,10H2,1-2H3,(H,18,24)(H,19,23)(H,21,22)/t11-/m0/s1. The van der Waals surface area contributed by atoms with E-state index in [-0.39, 0.29) is 35.5 Å². The van der Waals surface area contributed by atoms with Gasteiger partial charge in [0, 0.05) is 24.2 Å². The molecule has 0 aliphatic carbocycles. The molecule has 0 radical (unpaired) electrons. The number of nitrogens with zero attached hydrogens (tertiary/aromatic N) is 1. The Labute approximate surface area is 139 Å². The number of aromatic nitrogens is 2. The smallest absolute Gasteiger partial charge is 0.271 e. The maximum absolute atomic E-state index is 12.0. The Morgan fingerprint density at radius 2 is 2.04 bits per heavy atom. The molecule has 2 amide bonds. The van der Waals surface area contributed by atoms with Gasteiger partial charge in [-0.05, 0) is 30.2 Å². The molecule has 2 rings (SSSR count). The van der Waals surface area contributed by atoms with E-state index in [0.717, 1.165) is 12.0 Å². The lowest BCUT2D eigenvalue weighted by Gasteiger charge is -2.11. The molecule has 2 aromatic rings. The molecular formula is C17H20N4O3. The zero-order valence-corrected chi connectivity index (χ0v) is 13.6. The van der Waals surface area contributed by atoms with E-state index >= 15 is 0 Å². The van der Waals surface area contributed by atoms with E-state index in [4.69, 9.17) is 0 Å². The van der Waals surface area contributed by atoms with Gasteiger partial charge in [-0.15, -0.1) is 0 Å². The third kappa shape index (κ3) is 4.77. The Kier molecular flexibility index (Phi) is 5.83. The van der Waals surface area contributed by atoms with E-state index in [2.05, 4.69) is 20.8 Å². The number of aromatic amines is 1. The number of amides is 2. The summed E-state index contributed by atoms with van der Waals surface area (Å²) >= 11 is 0. The maximum atomic E-state index is 12.0. The largest absolute Gasteiger partial charge is 0.347 e. The van der Waals surface area contributed by atoms with Gasteiger partial charge in [-0.3, -0.25) is 14.4 Å². The second-order valence-electron chi connectivity index (χ2n) is 5.49. The molecule has 0 saturated heterocycles. The van der Waals surface area contributed by atoms with Crippen LogP contribution < -0.4 is 16.2 Å². The number of nitrogens with one attached hydrogen (secondary N) is 3. The molecule has 0 spiro atoms. The molecule has 1 atom stereocenters. The molecule has 1 aromatic carbocycles. The van der Waals surface area contributed by atoms with Crippen molar-refractivity contribution in [1.29, 1.82) is 0 Å². The van der Waals surface area contributed by atoms with Crippen molar-refractivity contribution >= 4 is 17.5 Å². The highest BCUT2D eigenvalue weighted by molar-refractivity contribution is 5.93. The van der Waals surface area contributed by atoms with Crippen molar-refractivity contribution in [3.05, 3.63) is 58.0 Å². The molecule has 3 N–H and O–H groups in total. The monoisotopic (exact) mass is 328 g/mol. The highest BCUT2D eigenvalue weighted by atomic mass is 16.2. The minimum absolute atomic E-state index is 0.0314. The fourth-order valence-corrected chi connectivity index (χ4v) is 1.95. The minimum atomic E-state index is -0.389. The first-order valence-electron chi connectivity index (χ1n) is 7.73. The minimum Gasteiger partial charge on any atom is -0.347 e. The van der Waals surface area contributed by atoms with Crippen molar-refractivity contribution in [3.63, 3.8) is 0 Å². The van der Waals surface area contributed by atoms with Crippen LogP contribution in [-0.4, -0.2) is 22.0 Å². The molecular weight excluding hydrogens is 308 g/mol.